The SMILES string of the molecule is Cc1cc(C)n2ncc(C(=O)NCc3ccccc3COC(C)C)c2n1. The third-order valence-electron chi connectivity index (χ3n) is 4.15. The highest BCUT2D eigenvalue weighted by atomic mass is 16.5. The lowest BCUT2D eigenvalue weighted by molar-refractivity contribution is 0.0651. The van der Waals surface area contributed by atoms with Gasteiger partial charge in [0, 0.05) is 17.9 Å². The third-order valence-corrected chi connectivity index (χ3v) is 4.15. The zero-order valence-electron chi connectivity index (χ0n) is 15.6. The van der Waals surface area contributed by atoms with Crippen molar-refractivity contribution < 1.29 is 9.53 Å². The lowest BCUT2D eigenvalue weighted by atomic mass is 10.1. The van der Waals surface area contributed by atoms with E-state index in [-0.39, 0.29) is 12.0 Å². The van der Waals surface area contributed by atoms with Gasteiger partial charge in [-0.1, -0.05) is 24.3 Å². The highest BCUT2D eigenvalue weighted by Gasteiger charge is 2.15. The molecule has 0 unspecified atom stereocenters. The standard InChI is InChI=1S/C20H24N4O2/c1-13(2)26-12-17-8-6-5-7-16(17)10-21-20(25)18-11-22-24-15(4)9-14(3)23-19(18)24/h5-9,11,13H,10,12H2,1-4H3,(H,21,25). The Kier molecular flexibility index (Phi) is 5.32. The molecule has 1 amide bonds. The highest BCUT2D eigenvalue weighted by molar-refractivity contribution is 5.99. The van der Waals surface area contributed by atoms with Crippen LogP contribution in [-0.4, -0.2) is 26.6 Å². The summed E-state index contributed by atoms with van der Waals surface area (Å²) in [6.45, 7) is 8.83. The largest absolute Gasteiger partial charge is 0.374 e. The predicted octanol–water partition coefficient (Wildman–Crippen LogP) is 3.20. The number of nitrogens with zero attached hydrogens (tertiary/aromatic N) is 3. The van der Waals surface area contributed by atoms with Crippen LogP contribution in [0.25, 0.3) is 5.65 Å². The summed E-state index contributed by atoms with van der Waals surface area (Å²) < 4.78 is 7.38. The summed E-state index contributed by atoms with van der Waals surface area (Å²) in [5.74, 6) is -0.183. The smallest absolute Gasteiger partial charge is 0.257 e. The number of ether oxygens (including phenoxy) is 1. The Morgan fingerprint density at radius 2 is 1.96 bits per heavy atom. The molecule has 1 aromatic carbocycles. The van der Waals surface area contributed by atoms with Gasteiger partial charge in [0.2, 0.25) is 0 Å². The summed E-state index contributed by atoms with van der Waals surface area (Å²) in [6, 6.07) is 9.90. The summed E-state index contributed by atoms with van der Waals surface area (Å²) in [7, 11) is 0. The molecule has 6 nitrogen and oxygen atoms in total. The maximum absolute atomic E-state index is 12.7. The second-order valence-electron chi connectivity index (χ2n) is 6.64. The topological polar surface area (TPSA) is 68.5 Å². The van der Waals surface area contributed by atoms with Crippen molar-refractivity contribution in [3.05, 3.63) is 64.6 Å². The molecule has 0 spiro atoms. The van der Waals surface area contributed by atoms with E-state index in [9.17, 15) is 4.79 Å². The summed E-state index contributed by atoms with van der Waals surface area (Å²) >= 11 is 0. The molecule has 2 aromatic heterocycles. The van der Waals surface area contributed by atoms with Crippen LogP contribution < -0.4 is 5.32 Å². The van der Waals surface area contributed by atoms with Gasteiger partial charge in [-0.2, -0.15) is 5.10 Å². The number of carbonyl (C=O) groups excluding carboxylic acids is 1. The van der Waals surface area contributed by atoms with E-state index >= 15 is 0 Å². The average molecular weight is 352 g/mol. The van der Waals surface area contributed by atoms with Crippen molar-refractivity contribution in [1.29, 1.82) is 0 Å². The number of rotatable bonds is 6. The Hall–Kier alpha value is -2.73. The van der Waals surface area contributed by atoms with Crippen molar-refractivity contribution >= 4 is 11.6 Å². The van der Waals surface area contributed by atoms with Crippen LogP contribution >= 0.6 is 0 Å². The zero-order chi connectivity index (χ0) is 18.7. The van der Waals surface area contributed by atoms with E-state index < -0.39 is 0 Å². The Morgan fingerprint density at radius 1 is 1.23 bits per heavy atom. The molecule has 3 aromatic rings. The predicted molar refractivity (Wildman–Crippen MR) is 100.0 cm³/mol. The Balaban J connectivity index is 1.76. The maximum Gasteiger partial charge on any atom is 0.257 e. The van der Waals surface area contributed by atoms with Gasteiger partial charge < -0.3 is 10.1 Å². The zero-order valence-corrected chi connectivity index (χ0v) is 15.6. The van der Waals surface area contributed by atoms with E-state index in [1.165, 1.54) is 0 Å². The van der Waals surface area contributed by atoms with Crippen LogP contribution in [-0.2, 0) is 17.9 Å². The summed E-state index contributed by atoms with van der Waals surface area (Å²) in [5.41, 5.74) is 4.98. The number of aromatic nitrogens is 3. The van der Waals surface area contributed by atoms with Gasteiger partial charge in [0.15, 0.2) is 5.65 Å². The first-order valence-electron chi connectivity index (χ1n) is 8.74. The monoisotopic (exact) mass is 352 g/mol. The minimum absolute atomic E-state index is 0.161. The van der Waals surface area contributed by atoms with Crippen LogP contribution in [0.4, 0.5) is 0 Å². The fraction of sp³-hybridized carbons (Fsp3) is 0.350. The van der Waals surface area contributed by atoms with Gasteiger partial charge in [-0.15, -0.1) is 0 Å². The molecule has 0 atom stereocenters. The van der Waals surface area contributed by atoms with Crippen molar-refractivity contribution in [2.24, 2.45) is 0 Å². The van der Waals surface area contributed by atoms with Gasteiger partial charge in [-0.25, -0.2) is 9.50 Å². The minimum Gasteiger partial charge on any atom is -0.374 e. The summed E-state index contributed by atoms with van der Waals surface area (Å²) in [4.78, 5) is 17.1. The van der Waals surface area contributed by atoms with Gasteiger partial charge in [-0.05, 0) is 44.9 Å². The second kappa shape index (κ2) is 7.66. The average Bonchev–Trinajstić information content (AvgIpc) is 3.02. The van der Waals surface area contributed by atoms with E-state index in [0.717, 1.165) is 22.5 Å². The number of carbonyl (C=O) groups is 1. The van der Waals surface area contributed by atoms with Crippen molar-refractivity contribution in [2.45, 2.75) is 47.0 Å². The first kappa shape index (κ1) is 18.1. The van der Waals surface area contributed by atoms with Gasteiger partial charge in [-0.3, -0.25) is 4.79 Å². The molecule has 0 aliphatic rings. The molecule has 136 valence electrons. The molecule has 0 aliphatic carbocycles. The lowest BCUT2D eigenvalue weighted by Crippen LogP contribution is -2.23. The number of amides is 1. The molecule has 0 bridgehead atoms. The minimum atomic E-state index is -0.183. The lowest BCUT2D eigenvalue weighted by Gasteiger charge is -2.12. The second-order valence-corrected chi connectivity index (χ2v) is 6.64. The summed E-state index contributed by atoms with van der Waals surface area (Å²) in [5, 5.41) is 7.25. The van der Waals surface area contributed by atoms with Crippen LogP contribution in [0.5, 0.6) is 0 Å². The highest BCUT2D eigenvalue weighted by Crippen LogP contribution is 2.14. The number of nitrogens with one attached hydrogen (secondary N) is 1. The first-order valence-corrected chi connectivity index (χ1v) is 8.74. The van der Waals surface area contributed by atoms with Gasteiger partial charge in [0.1, 0.15) is 5.56 Å². The molecule has 3 rings (SSSR count). The maximum atomic E-state index is 12.7. The van der Waals surface area contributed by atoms with E-state index in [2.05, 4.69) is 15.4 Å². The molecular formula is C20H24N4O2. The van der Waals surface area contributed by atoms with Crippen molar-refractivity contribution in [3.63, 3.8) is 0 Å². The van der Waals surface area contributed by atoms with Crippen LogP contribution in [0, 0.1) is 13.8 Å². The van der Waals surface area contributed by atoms with E-state index in [0.29, 0.717) is 24.4 Å². The molecule has 6 heteroatoms. The molecule has 0 aliphatic heterocycles. The van der Waals surface area contributed by atoms with Gasteiger partial charge in [0.05, 0.1) is 18.9 Å². The van der Waals surface area contributed by atoms with Crippen molar-refractivity contribution in [1.82, 2.24) is 19.9 Å². The molecule has 1 N–H and O–H groups in total. The molecule has 0 fully saturated rings. The Bertz CT molecular complexity index is 931. The van der Waals surface area contributed by atoms with Crippen LogP contribution in [0.2, 0.25) is 0 Å². The molecular weight excluding hydrogens is 328 g/mol. The molecule has 0 radical (unpaired) electrons. The van der Waals surface area contributed by atoms with Crippen LogP contribution in [0.15, 0.2) is 36.5 Å². The van der Waals surface area contributed by atoms with Crippen LogP contribution in [0.3, 0.4) is 0 Å². The van der Waals surface area contributed by atoms with Crippen molar-refractivity contribution in [2.75, 3.05) is 0 Å². The molecule has 0 saturated heterocycles. The molecule has 26 heavy (non-hydrogen) atoms. The quantitative estimate of drug-likeness (QED) is 0.740. The van der Waals surface area contributed by atoms with Crippen molar-refractivity contribution in [3.8, 4) is 0 Å². The summed E-state index contributed by atoms with van der Waals surface area (Å²) in [6.07, 6.45) is 1.73. The Morgan fingerprint density at radius 3 is 2.69 bits per heavy atom. The first-order chi connectivity index (χ1) is 12.5. The fourth-order valence-corrected chi connectivity index (χ4v) is 2.83. The van der Waals surface area contributed by atoms with E-state index in [1.54, 1.807) is 10.7 Å². The Labute approximate surface area is 153 Å². The van der Waals surface area contributed by atoms with E-state index in [1.807, 2.05) is 58.0 Å². The van der Waals surface area contributed by atoms with Gasteiger partial charge >= 0.3 is 0 Å². The normalized spacial score (nSPS) is 11.3. The number of hydrogen-bond acceptors (Lipinski definition) is 4. The number of benzene rings is 1. The molecule has 2 heterocycles. The fourth-order valence-electron chi connectivity index (χ4n) is 2.83. The van der Waals surface area contributed by atoms with Crippen LogP contribution in [0.1, 0.15) is 46.7 Å². The third kappa shape index (κ3) is 3.91. The number of fused-ring (bicyclic) bond motifs is 1. The van der Waals surface area contributed by atoms with Gasteiger partial charge in [0.25, 0.3) is 5.91 Å². The number of hydrogen-bond donors (Lipinski definition) is 1. The number of aryl methyl sites for hydroxylation is 2. The van der Waals surface area contributed by atoms with E-state index in [4.69, 9.17) is 4.74 Å². The molecule has 0 saturated carbocycles.